The van der Waals surface area contributed by atoms with Crippen molar-refractivity contribution in [2.75, 3.05) is 0 Å². The van der Waals surface area contributed by atoms with E-state index >= 15 is 0 Å². The minimum atomic E-state index is 0.551. The van der Waals surface area contributed by atoms with Crippen LogP contribution in [0.5, 0.6) is 5.75 Å². The molecule has 0 saturated carbocycles. The van der Waals surface area contributed by atoms with Gasteiger partial charge in [-0.15, -0.1) is 5.26 Å². The number of aliphatic imine (C=N–C) groups is 1. The van der Waals surface area contributed by atoms with Crippen molar-refractivity contribution in [3.8, 4) is 12.0 Å². The van der Waals surface area contributed by atoms with Crippen LogP contribution in [0, 0.1) is 25.4 Å². The summed E-state index contributed by atoms with van der Waals surface area (Å²) in [6, 6.07) is 19.7. The fourth-order valence-corrected chi connectivity index (χ4v) is 3.24. The normalized spacial score (nSPS) is 10.0. The summed E-state index contributed by atoms with van der Waals surface area (Å²) in [7, 11) is 0. The van der Waals surface area contributed by atoms with Gasteiger partial charge >= 0.3 is 0 Å². The fourth-order valence-electron chi connectivity index (χ4n) is 3.24. The van der Waals surface area contributed by atoms with Gasteiger partial charge in [-0.2, -0.15) is 4.99 Å². The van der Waals surface area contributed by atoms with Gasteiger partial charge in [0.25, 0.3) is 6.26 Å². The molecule has 0 aliphatic rings. The molecule has 0 saturated heterocycles. The van der Waals surface area contributed by atoms with E-state index in [0.717, 1.165) is 12.8 Å². The van der Waals surface area contributed by atoms with Crippen molar-refractivity contribution in [3.63, 3.8) is 0 Å². The van der Waals surface area contributed by atoms with Crippen LogP contribution in [-0.4, -0.2) is 6.08 Å². The minimum Gasteiger partial charge on any atom is -0.388 e. The number of isocyanates is 1. The molecular weight excluding hydrogens is 348 g/mol. The molecule has 4 heteroatoms. The van der Waals surface area contributed by atoms with E-state index in [2.05, 4.69) is 31.0 Å². The van der Waals surface area contributed by atoms with Gasteiger partial charge in [0.2, 0.25) is 6.08 Å². The third-order valence-electron chi connectivity index (χ3n) is 4.78. The molecule has 0 aliphatic carbocycles. The molecule has 0 N–H and O–H groups in total. The molecule has 3 aromatic rings. The van der Waals surface area contributed by atoms with Gasteiger partial charge in [-0.1, -0.05) is 36.4 Å². The molecule has 3 rings (SSSR count). The summed E-state index contributed by atoms with van der Waals surface area (Å²) in [4.78, 5) is 14.0. The van der Waals surface area contributed by atoms with Crippen molar-refractivity contribution in [3.05, 3.63) is 94.0 Å². The molecule has 0 amide bonds. The molecule has 0 atom stereocenters. The Morgan fingerprint density at radius 2 is 1.39 bits per heavy atom. The Bertz CT molecular complexity index is 1060. The summed E-state index contributed by atoms with van der Waals surface area (Å²) in [6.07, 6.45) is 4.88. The Morgan fingerprint density at radius 1 is 0.857 bits per heavy atom. The molecule has 0 spiro atoms. The summed E-state index contributed by atoms with van der Waals surface area (Å²) in [6.45, 7) is 4.26. The van der Waals surface area contributed by atoms with E-state index in [-0.39, 0.29) is 0 Å². The third-order valence-corrected chi connectivity index (χ3v) is 4.78. The molecule has 4 nitrogen and oxygen atoms in total. The molecule has 0 fully saturated rings. The molecule has 0 aromatic heterocycles. The average Bonchev–Trinajstić information content (AvgIpc) is 2.69. The maximum absolute atomic E-state index is 10.4. The van der Waals surface area contributed by atoms with Crippen LogP contribution in [-0.2, 0) is 17.6 Å². The molecule has 0 bridgehead atoms. The number of rotatable bonds is 6. The summed E-state index contributed by atoms with van der Waals surface area (Å²) in [5, 5.41) is 8.59. The Labute approximate surface area is 164 Å². The van der Waals surface area contributed by atoms with Gasteiger partial charge in [0.15, 0.2) is 0 Å². The second kappa shape index (κ2) is 8.81. The van der Waals surface area contributed by atoms with Crippen LogP contribution in [0.4, 0.5) is 5.69 Å². The van der Waals surface area contributed by atoms with E-state index in [9.17, 15) is 4.79 Å². The number of nitrogens with zero attached hydrogens (tertiary/aromatic N) is 2. The summed E-state index contributed by atoms with van der Waals surface area (Å²) in [5.74, 6) is 0.551. The standard InChI is InChI=1S/C24H20N2O2/c1-17-11-18(2)22(13-20-5-9-24(10-6-20)28-15-25)14-21(17)12-19-3-7-23(8-4-19)26-16-27/h3-11,14H,12-13H2,1-2H3. The van der Waals surface area contributed by atoms with E-state index in [1.165, 1.54) is 33.4 Å². The predicted octanol–water partition coefficient (Wildman–Crippen LogP) is 5.31. The van der Waals surface area contributed by atoms with Crippen LogP contribution >= 0.6 is 0 Å². The lowest BCUT2D eigenvalue weighted by molar-refractivity contribution is 0.507. The number of aryl methyl sites for hydroxylation is 2. The molecule has 0 radical (unpaired) electrons. The van der Waals surface area contributed by atoms with Crippen molar-refractivity contribution < 1.29 is 9.53 Å². The zero-order valence-electron chi connectivity index (χ0n) is 15.9. The van der Waals surface area contributed by atoms with Crippen LogP contribution in [0.3, 0.4) is 0 Å². The third kappa shape index (κ3) is 4.73. The predicted molar refractivity (Wildman–Crippen MR) is 108 cm³/mol. The minimum absolute atomic E-state index is 0.551. The highest BCUT2D eigenvalue weighted by Crippen LogP contribution is 2.23. The van der Waals surface area contributed by atoms with Crippen LogP contribution in [0.25, 0.3) is 0 Å². The first-order valence-corrected chi connectivity index (χ1v) is 8.99. The SMILES string of the molecule is Cc1cc(C)c(Cc2ccc(OC#N)cc2)cc1Cc1ccc(N=C=O)cc1. The number of ether oxygens (including phenoxy) is 1. The maximum Gasteiger partial charge on any atom is 0.292 e. The first-order chi connectivity index (χ1) is 13.6. The summed E-state index contributed by atoms with van der Waals surface area (Å²) >= 11 is 0. The van der Waals surface area contributed by atoms with Gasteiger partial charge in [0, 0.05) is 0 Å². The number of hydrogen-bond acceptors (Lipinski definition) is 4. The quantitative estimate of drug-likeness (QED) is 0.336. The molecule has 138 valence electrons. The van der Waals surface area contributed by atoms with Crippen LogP contribution in [0.15, 0.2) is 65.7 Å². The topological polar surface area (TPSA) is 62.4 Å². The lowest BCUT2D eigenvalue weighted by atomic mass is 9.92. The zero-order chi connectivity index (χ0) is 19.9. The zero-order valence-corrected chi connectivity index (χ0v) is 15.9. The van der Waals surface area contributed by atoms with Gasteiger partial charge in [-0.3, -0.25) is 0 Å². The highest BCUT2D eigenvalue weighted by Gasteiger charge is 2.08. The van der Waals surface area contributed by atoms with Crippen molar-refractivity contribution >= 4 is 11.8 Å². The maximum atomic E-state index is 10.4. The van der Waals surface area contributed by atoms with Crippen molar-refractivity contribution in [1.82, 2.24) is 0 Å². The van der Waals surface area contributed by atoms with Crippen molar-refractivity contribution in [2.45, 2.75) is 26.7 Å². The first kappa shape index (κ1) is 19.1. The van der Waals surface area contributed by atoms with Gasteiger partial charge in [0.1, 0.15) is 5.75 Å². The van der Waals surface area contributed by atoms with Crippen molar-refractivity contribution in [1.29, 1.82) is 5.26 Å². The van der Waals surface area contributed by atoms with E-state index in [1.807, 2.05) is 48.5 Å². The lowest BCUT2D eigenvalue weighted by Gasteiger charge is -2.13. The molecule has 28 heavy (non-hydrogen) atoms. The highest BCUT2D eigenvalue weighted by molar-refractivity contribution is 5.50. The fraction of sp³-hybridized carbons (Fsp3) is 0.167. The first-order valence-electron chi connectivity index (χ1n) is 8.99. The molecule has 0 unspecified atom stereocenters. The second-order valence-electron chi connectivity index (χ2n) is 6.77. The Balaban J connectivity index is 1.81. The van der Waals surface area contributed by atoms with Crippen molar-refractivity contribution in [2.24, 2.45) is 4.99 Å². The van der Waals surface area contributed by atoms with Crippen LogP contribution in [0.2, 0.25) is 0 Å². The monoisotopic (exact) mass is 368 g/mol. The highest BCUT2D eigenvalue weighted by atomic mass is 16.5. The Kier molecular flexibility index (Phi) is 6.01. The number of hydrogen-bond donors (Lipinski definition) is 0. The molecule has 0 aliphatic heterocycles. The average molecular weight is 368 g/mol. The second-order valence-corrected chi connectivity index (χ2v) is 6.77. The smallest absolute Gasteiger partial charge is 0.292 e. The molecule has 3 aromatic carbocycles. The Morgan fingerprint density at radius 3 is 1.89 bits per heavy atom. The largest absolute Gasteiger partial charge is 0.388 e. The van der Waals surface area contributed by atoms with E-state index < -0.39 is 0 Å². The van der Waals surface area contributed by atoms with E-state index in [1.54, 1.807) is 12.3 Å². The van der Waals surface area contributed by atoms with Gasteiger partial charge in [-0.05, 0) is 84.3 Å². The number of benzene rings is 3. The summed E-state index contributed by atoms with van der Waals surface area (Å²) < 4.78 is 4.84. The van der Waals surface area contributed by atoms with Crippen LogP contribution in [0.1, 0.15) is 33.4 Å². The summed E-state index contributed by atoms with van der Waals surface area (Å²) in [5.41, 5.74) is 8.01. The number of carbonyl (C=O) groups excluding carboxylic acids is 1. The van der Waals surface area contributed by atoms with Gasteiger partial charge < -0.3 is 4.74 Å². The van der Waals surface area contributed by atoms with Gasteiger partial charge in [0.05, 0.1) is 5.69 Å². The van der Waals surface area contributed by atoms with E-state index in [0.29, 0.717) is 11.4 Å². The van der Waals surface area contributed by atoms with E-state index in [4.69, 9.17) is 10.00 Å². The van der Waals surface area contributed by atoms with Gasteiger partial charge in [-0.25, -0.2) is 4.79 Å². The van der Waals surface area contributed by atoms with Crippen LogP contribution < -0.4 is 4.74 Å². The molecule has 0 heterocycles. The Hall–Kier alpha value is -3.67. The number of nitriles is 1. The lowest BCUT2D eigenvalue weighted by Crippen LogP contribution is -1.99. The molecular formula is C24H20N2O2.